The van der Waals surface area contributed by atoms with Crippen molar-refractivity contribution in [2.45, 2.75) is 40.0 Å². The molecule has 1 rings (SSSR count). The van der Waals surface area contributed by atoms with Crippen molar-refractivity contribution in [3.05, 3.63) is 0 Å². The minimum absolute atomic E-state index is 0.216. The van der Waals surface area contributed by atoms with Crippen molar-refractivity contribution < 1.29 is 4.79 Å². The normalized spacial score (nSPS) is 17.3. The highest BCUT2D eigenvalue weighted by atomic mass is 16.2. The molecule has 0 atom stereocenters. The van der Waals surface area contributed by atoms with Gasteiger partial charge in [0.25, 0.3) is 0 Å². The van der Waals surface area contributed by atoms with E-state index < -0.39 is 0 Å². The van der Waals surface area contributed by atoms with Crippen molar-refractivity contribution in [3.63, 3.8) is 0 Å². The summed E-state index contributed by atoms with van der Waals surface area (Å²) < 4.78 is 0. The molecule has 1 aliphatic heterocycles. The lowest BCUT2D eigenvalue weighted by molar-refractivity contribution is -0.127. The molecular weight excluding hydrogens is 188 g/mol. The molecule has 1 amide bonds. The Morgan fingerprint density at radius 1 is 1.27 bits per heavy atom. The van der Waals surface area contributed by atoms with Gasteiger partial charge in [0, 0.05) is 19.6 Å². The summed E-state index contributed by atoms with van der Waals surface area (Å²) in [6, 6.07) is 0. The topological polar surface area (TPSA) is 41.1 Å². The van der Waals surface area contributed by atoms with Gasteiger partial charge in [-0.25, -0.2) is 0 Å². The molecule has 1 aliphatic rings. The third-order valence-electron chi connectivity index (χ3n) is 4.04. The SMILES string of the molecule is CCC(CC)(CC)CNC(=O)C1CNC1. The summed E-state index contributed by atoms with van der Waals surface area (Å²) in [6.45, 7) is 9.18. The fraction of sp³-hybridized carbons (Fsp3) is 0.917. The molecule has 88 valence electrons. The zero-order valence-corrected chi connectivity index (χ0v) is 10.2. The largest absolute Gasteiger partial charge is 0.355 e. The zero-order valence-electron chi connectivity index (χ0n) is 10.2. The van der Waals surface area contributed by atoms with E-state index in [2.05, 4.69) is 31.4 Å². The molecule has 0 radical (unpaired) electrons. The van der Waals surface area contributed by atoms with Crippen LogP contribution in [-0.2, 0) is 4.79 Å². The van der Waals surface area contributed by atoms with Crippen LogP contribution >= 0.6 is 0 Å². The van der Waals surface area contributed by atoms with E-state index in [1.165, 1.54) is 0 Å². The maximum atomic E-state index is 11.7. The Labute approximate surface area is 93.0 Å². The van der Waals surface area contributed by atoms with Gasteiger partial charge in [-0.15, -0.1) is 0 Å². The molecule has 3 nitrogen and oxygen atoms in total. The first kappa shape index (κ1) is 12.5. The lowest BCUT2D eigenvalue weighted by Gasteiger charge is -2.33. The average Bonchev–Trinajstić information content (AvgIpc) is 2.18. The van der Waals surface area contributed by atoms with Gasteiger partial charge in [0.2, 0.25) is 5.91 Å². The Balaban J connectivity index is 2.35. The summed E-state index contributed by atoms with van der Waals surface area (Å²) in [5.41, 5.74) is 0.312. The molecule has 0 aliphatic carbocycles. The van der Waals surface area contributed by atoms with E-state index in [0.717, 1.165) is 38.9 Å². The molecule has 1 saturated heterocycles. The molecule has 0 aromatic rings. The van der Waals surface area contributed by atoms with Crippen LogP contribution in [0.25, 0.3) is 0 Å². The Bertz CT molecular complexity index is 199. The quantitative estimate of drug-likeness (QED) is 0.701. The van der Waals surface area contributed by atoms with Crippen LogP contribution in [0.4, 0.5) is 0 Å². The minimum atomic E-state index is 0.216. The zero-order chi connectivity index (χ0) is 11.3. The van der Waals surface area contributed by atoms with Gasteiger partial charge in [-0.1, -0.05) is 20.8 Å². The van der Waals surface area contributed by atoms with Crippen LogP contribution in [0.2, 0.25) is 0 Å². The number of hydrogen-bond donors (Lipinski definition) is 2. The number of carbonyl (C=O) groups excluding carboxylic acids is 1. The second kappa shape index (κ2) is 5.50. The van der Waals surface area contributed by atoms with Crippen molar-refractivity contribution in [1.82, 2.24) is 10.6 Å². The smallest absolute Gasteiger partial charge is 0.225 e. The molecule has 15 heavy (non-hydrogen) atoms. The van der Waals surface area contributed by atoms with Gasteiger partial charge >= 0.3 is 0 Å². The molecule has 0 unspecified atom stereocenters. The highest BCUT2D eigenvalue weighted by molar-refractivity contribution is 5.80. The molecule has 0 saturated carbocycles. The summed E-state index contributed by atoms with van der Waals surface area (Å²) in [5, 5.41) is 6.22. The molecule has 2 N–H and O–H groups in total. The van der Waals surface area contributed by atoms with E-state index in [4.69, 9.17) is 0 Å². The second-order valence-corrected chi connectivity index (χ2v) is 4.63. The average molecular weight is 212 g/mol. The summed E-state index contributed by atoms with van der Waals surface area (Å²) in [6.07, 6.45) is 3.43. The number of hydrogen-bond acceptors (Lipinski definition) is 2. The second-order valence-electron chi connectivity index (χ2n) is 4.63. The Kier molecular flexibility index (Phi) is 4.58. The van der Waals surface area contributed by atoms with Crippen LogP contribution in [0.15, 0.2) is 0 Å². The van der Waals surface area contributed by atoms with Gasteiger partial charge in [-0.3, -0.25) is 4.79 Å². The Morgan fingerprint density at radius 2 is 1.80 bits per heavy atom. The first-order valence-corrected chi connectivity index (χ1v) is 6.16. The van der Waals surface area contributed by atoms with Gasteiger partial charge in [-0.2, -0.15) is 0 Å². The molecule has 3 heteroatoms. The monoisotopic (exact) mass is 212 g/mol. The van der Waals surface area contributed by atoms with Gasteiger partial charge in [0.1, 0.15) is 0 Å². The Hall–Kier alpha value is -0.570. The molecule has 0 spiro atoms. The van der Waals surface area contributed by atoms with Crippen molar-refractivity contribution in [2.75, 3.05) is 19.6 Å². The van der Waals surface area contributed by atoms with Gasteiger partial charge in [0.05, 0.1) is 5.92 Å². The lowest BCUT2D eigenvalue weighted by atomic mass is 9.79. The van der Waals surface area contributed by atoms with Crippen LogP contribution in [-0.4, -0.2) is 25.5 Å². The number of amides is 1. The molecule has 1 heterocycles. The predicted molar refractivity (Wildman–Crippen MR) is 62.7 cm³/mol. The van der Waals surface area contributed by atoms with Crippen molar-refractivity contribution in [3.8, 4) is 0 Å². The number of carbonyl (C=O) groups is 1. The molecule has 1 fully saturated rings. The minimum Gasteiger partial charge on any atom is -0.355 e. The Morgan fingerprint density at radius 3 is 2.13 bits per heavy atom. The molecule has 0 bridgehead atoms. The standard InChI is InChI=1S/C12H24N2O/c1-4-12(5-2,6-3)9-14-11(15)10-7-13-8-10/h10,13H,4-9H2,1-3H3,(H,14,15). The van der Waals surface area contributed by atoms with E-state index in [9.17, 15) is 4.79 Å². The van der Waals surface area contributed by atoms with Gasteiger partial charge in [-0.05, 0) is 24.7 Å². The maximum Gasteiger partial charge on any atom is 0.225 e. The van der Waals surface area contributed by atoms with Crippen molar-refractivity contribution in [2.24, 2.45) is 11.3 Å². The fourth-order valence-corrected chi connectivity index (χ4v) is 2.02. The van der Waals surface area contributed by atoms with Crippen LogP contribution in [0.1, 0.15) is 40.0 Å². The van der Waals surface area contributed by atoms with E-state index >= 15 is 0 Å². The lowest BCUT2D eigenvalue weighted by Crippen LogP contribution is -2.52. The summed E-state index contributed by atoms with van der Waals surface area (Å²) in [5.74, 6) is 0.446. The van der Waals surface area contributed by atoms with Crippen LogP contribution in [0, 0.1) is 11.3 Å². The highest BCUT2D eigenvalue weighted by Crippen LogP contribution is 2.29. The third kappa shape index (κ3) is 2.94. The maximum absolute atomic E-state index is 11.7. The predicted octanol–water partition coefficient (Wildman–Crippen LogP) is 1.54. The fourth-order valence-electron chi connectivity index (χ4n) is 2.02. The van der Waals surface area contributed by atoms with Gasteiger partial charge in [0.15, 0.2) is 0 Å². The van der Waals surface area contributed by atoms with Crippen molar-refractivity contribution in [1.29, 1.82) is 0 Å². The highest BCUT2D eigenvalue weighted by Gasteiger charge is 2.28. The van der Waals surface area contributed by atoms with Crippen LogP contribution < -0.4 is 10.6 Å². The van der Waals surface area contributed by atoms with E-state index in [-0.39, 0.29) is 11.8 Å². The summed E-state index contributed by atoms with van der Waals surface area (Å²) in [7, 11) is 0. The first-order valence-electron chi connectivity index (χ1n) is 6.16. The molecule has 0 aromatic carbocycles. The van der Waals surface area contributed by atoms with Crippen LogP contribution in [0.3, 0.4) is 0 Å². The van der Waals surface area contributed by atoms with Crippen molar-refractivity contribution >= 4 is 5.91 Å². The van der Waals surface area contributed by atoms with Crippen LogP contribution in [0.5, 0.6) is 0 Å². The molecular formula is C12H24N2O. The number of nitrogens with one attached hydrogen (secondary N) is 2. The first-order chi connectivity index (χ1) is 7.17. The molecule has 0 aromatic heterocycles. The van der Waals surface area contributed by atoms with E-state index in [1.54, 1.807) is 0 Å². The number of rotatable bonds is 6. The third-order valence-corrected chi connectivity index (χ3v) is 4.04. The summed E-state index contributed by atoms with van der Waals surface area (Å²) in [4.78, 5) is 11.7. The van der Waals surface area contributed by atoms with E-state index in [1.807, 2.05) is 0 Å². The summed E-state index contributed by atoms with van der Waals surface area (Å²) >= 11 is 0. The van der Waals surface area contributed by atoms with Gasteiger partial charge < -0.3 is 10.6 Å². The van der Waals surface area contributed by atoms with E-state index in [0.29, 0.717) is 5.41 Å².